The van der Waals surface area contributed by atoms with Gasteiger partial charge in [-0.1, -0.05) is 37.3 Å². The third-order valence-corrected chi connectivity index (χ3v) is 11.6. The number of aromatic nitrogens is 4. The van der Waals surface area contributed by atoms with Gasteiger partial charge in [0.2, 0.25) is 11.8 Å². The average Bonchev–Trinajstić information content (AvgIpc) is 4.00. The number of nitrogens with one attached hydrogen (secondary N) is 4. The van der Waals surface area contributed by atoms with Gasteiger partial charge in [0.25, 0.3) is 0 Å². The quantitative estimate of drug-likeness (QED) is 0.122. The molecule has 13 heteroatoms. The molecule has 12 nitrogen and oxygen atoms in total. The number of carbonyl (C=O) groups excluding carboxylic acids is 3. The summed E-state index contributed by atoms with van der Waals surface area (Å²) in [6, 6.07) is 19.8. The lowest BCUT2D eigenvalue weighted by atomic mass is 9.98. The summed E-state index contributed by atoms with van der Waals surface area (Å²) in [5, 5.41) is 7.90. The smallest absolute Gasteiger partial charge is 0.407 e. The number of methoxy groups -OCH3 is 1. The number of piperidine rings is 1. The van der Waals surface area contributed by atoms with Crippen LogP contribution in [0.3, 0.4) is 0 Å². The highest BCUT2D eigenvalue weighted by Gasteiger charge is 2.49. The number of benzene rings is 3. The second-order valence-corrected chi connectivity index (χ2v) is 14.9. The van der Waals surface area contributed by atoms with E-state index in [4.69, 9.17) is 4.98 Å². The molecule has 2 aliphatic rings. The van der Waals surface area contributed by atoms with Crippen LogP contribution in [0.4, 0.5) is 4.79 Å². The number of thiophene rings is 1. The highest BCUT2D eigenvalue weighted by Crippen LogP contribution is 2.50. The topological polar surface area (TPSA) is 148 Å². The van der Waals surface area contributed by atoms with Gasteiger partial charge in [0.1, 0.15) is 18.2 Å². The molecule has 1 aliphatic carbocycles. The largest absolute Gasteiger partial charge is 0.453 e. The lowest BCUT2D eigenvalue weighted by Crippen LogP contribution is -2.44. The van der Waals surface area contributed by atoms with Crippen LogP contribution in [0.25, 0.3) is 53.6 Å². The van der Waals surface area contributed by atoms with E-state index in [-0.39, 0.29) is 24.4 Å². The maximum absolute atomic E-state index is 13.0. The van der Waals surface area contributed by atoms with Crippen LogP contribution in [0.2, 0.25) is 0 Å². The molecule has 6 aromatic rings. The van der Waals surface area contributed by atoms with Crippen molar-refractivity contribution >= 4 is 60.5 Å². The summed E-state index contributed by atoms with van der Waals surface area (Å²) >= 11 is 1.76. The Morgan fingerprint density at radius 2 is 1.73 bits per heavy atom. The number of ether oxygens (including phenoxy) is 1. The number of likely N-dealkylation sites (N-methyl/N-ethyl adjacent to an activating group) is 1. The molecule has 8 rings (SSSR count). The van der Waals surface area contributed by atoms with Crippen molar-refractivity contribution in [1.29, 1.82) is 0 Å². The minimum atomic E-state index is -0.638. The van der Waals surface area contributed by atoms with Gasteiger partial charge >= 0.3 is 6.09 Å². The van der Waals surface area contributed by atoms with Crippen molar-refractivity contribution in [2.75, 3.05) is 33.8 Å². The van der Waals surface area contributed by atoms with Crippen LogP contribution < -0.4 is 10.6 Å². The second-order valence-electron chi connectivity index (χ2n) is 13.8. The first-order chi connectivity index (χ1) is 25.3. The molecule has 3 amide bonds. The van der Waals surface area contributed by atoms with E-state index in [1.807, 2.05) is 14.0 Å². The minimum Gasteiger partial charge on any atom is -0.453 e. The van der Waals surface area contributed by atoms with Crippen molar-refractivity contribution in [2.45, 2.75) is 51.2 Å². The average molecular weight is 719 g/mol. The SMILES string of the molecule is CCCN(Cc1ncc(-c2ccc3c(c2)sc2cc(-c4ccc5nc([C@@H]6[C@H]7CC[C@H](C7)N6C(=O)CNC)[nH]c5c4)ccc23)[nH]1)C(=O)CNC(=O)OC. The van der Waals surface area contributed by atoms with Gasteiger partial charge in [0, 0.05) is 38.3 Å². The summed E-state index contributed by atoms with van der Waals surface area (Å²) in [6.45, 7) is 3.07. The number of hydrogen-bond donors (Lipinski definition) is 4. The molecule has 268 valence electrons. The number of H-pyrrole nitrogens is 2. The molecular weight excluding hydrogens is 677 g/mol. The summed E-state index contributed by atoms with van der Waals surface area (Å²) in [7, 11) is 3.09. The molecule has 0 spiro atoms. The lowest BCUT2D eigenvalue weighted by molar-refractivity contribution is -0.135. The number of aromatic amines is 2. The van der Waals surface area contributed by atoms with Crippen molar-refractivity contribution < 1.29 is 19.1 Å². The highest BCUT2D eigenvalue weighted by atomic mass is 32.1. The summed E-state index contributed by atoms with van der Waals surface area (Å²) < 4.78 is 6.96. The van der Waals surface area contributed by atoms with Gasteiger partial charge in [-0.2, -0.15) is 0 Å². The van der Waals surface area contributed by atoms with Crippen molar-refractivity contribution in [1.82, 2.24) is 40.4 Å². The van der Waals surface area contributed by atoms with Crippen LogP contribution in [-0.4, -0.2) is 87.5 Å². The fourth-order valence-corrected chi connectivity index (χ4v) is 9.26. The number of amides is 3. The van der Waals surface area contributed by atoms with Crippen LogP contribution in [0.1, 0.15) is 50.3 Å². The van der Waals surface area contributed by atoms with Gasteiger partial charge in [-0.15, -0.1) is 11.3 Å². The molecule has 4 N–H and O–H groups in total. The van der Waals surface area contributed by atoms with Gasteiger partial charge in [-0.05, 0) is 74.0 Å². The molecule has 0 unspecified atom stereocenters. The predicted octanol–water partition coefficient (Wildman–Crippen LogP) is 6.35. The number of nitrogens with zero attached hydrogens (tertiary/aromatic N) is 4. The number of hydrogen-bond acceptors (Lipinski definition) is 8. The molecule has 52 heavy (non-hydrogen) atoms. The number of fused-ring (bicyclic) bond motifs is 6. The first-order valence-corrected chi connectivity index (χ1v) is 18.7. The molecule has 3 aromatic carbocycles. The zero-order valence-corrected chi connectivity index (χ0v) is 30.3. The van der Waals surface area contributed by atoms with Crippen LogP contribution in [0, 0.1) is 5.92 Å². The third-order valence-electron chi connectivity index (χ3n) is 10.5. The van der Waals surface area contributed by atoms with E-state index < -0.39 is 6.09 Å². The number of imidazole rings is 2. The summed E-state index contributed by atoms with van der Waals surface area (Å²) in [4.78, 5) is 57.6. The first kappa shape index (κ1) is 33.9. The number of rotatable bonds is 11. The standard InChI is InChI=1S/C39H42N8O4S/c1-4-13-46(35(48)20-42-39(50)51-3)21-34-41-18-31(43-34)24-7-11-28-27-10-6-23(16-32(27)52-33(28)17-24)22-8-12-29-30(15-22)45-38(44-29)37-25-5-9-26(14-25)47(37)36(49)19-40-2/h6-8,10-12,15-18,25-26,37,40H,4-5,9,13-14,19-21H2,1-3H3,(H,41,43)(H,42,50)(H,44,45)/t25-,26+,37-/m0/s1. The molecule has 1 aliphatic heterocycles. The van der Waals surface area contributed by atoms with Crippen molar-refractivity contribution in [2.24, 2.45) is 5.92 Å². The molecule has 2 fully saturated rings. The zero-order valence-electron chi connectivity index (χ0n) is 29.5. The highest BCUT2D eigenvalue weighted by molar-refractivity contribution is 7.25. The molecule has 2 bridgehead atoms. The number of alkyl carbamates (subject to hydrolysis) is 1. The van der Waals surface area contributed by atoms with E-state index in [9.17, 15) is 14.4 Å². The maximum atomic E-state index is 13.0. The summed E-state index contributed by atoms with van der Waals surface area (Å²) in [5.74, 6) is 1.96. The van der Waals surface area contributed by atoms with Crippen LogP contribution in [0.15, 0.2) is 60.8 Å². The van der Waals surface area contributed by atoms with Gasteiger partial charge in [-0.3, -0.25) is 9.59 Å². The predicted molar refractivity (Wildman–Crippen MR) is 203 cm³/mol. The number of likely N-dealkylation sites (tertiary alicyclic amines) is 1. The van der Waals surface area contributed by atoms with Gasteiger partial charge < -0.3 is 35.1 Å². The Balaban J connectivity index is 1.02. The number of carbonyl (C=O) groups is 3. The van der Waals surface area contributed by atoms with E-state index >= 15 is 0 Å². The van der Waals surface area contributed by atoms with Gasteiger partial charge in [0.05, 0.1) is 49.2 Å². The Morgan fingerprint density at radius 3 is 2.50 bits per heavy atom. The normalized spacial score (nSPS) is 18.1. The third kappa shape index (κ3) is 6.28. The Hall–Kier alpha value is -5.27. The lowest BCUT2D eigenvalue weighted by Gasteiger charge is -2.34. The zero-order chi connectivity index (χ0) is 35.9. The van der Waals surface area contributed by atoms with Crippen LogP contribution in [-0.2, 0) is 20.9 Å². The molecule has 1 saturated heterocycles. The molecule has 0 radical (unpaired) electrons. The Kier molecular flexibility index (Phi) is 9.14. The van der Waals surface area contributed by atoms with Crippen molar-refractivity contribution in [3.05, 3.63) is 72.4 Å². The molecule has 1 saturated carbocycles. The van der Waals surface area contributed by atoms with E-state index in [1.54, 1.807) is 22.4 Å². The molecule has 4 heterocycles. The fourth-order valence-electron chi connectivity index (χ4n) is 8.08. The van der Waals surface area contributed by atoms with Crippen molar-refractivity contribution in [3.63, 3.8) is 0 Å². The monoisotopic (exact) mass is 718 g/mol. The Labute approximate surface area is 304 Å². The van der Waals surface area contributed by atoms with Crippen LogP contribution >= 0.6 is 11.3 Å². The summed E-state index contributed by atoms with van der Waals surface area (Å²) in [6.07, 6.45) is 5.21. The van der Waals surface area contributed by atoms with Gasteiger partial charge in [-0.25, -0.2) is 14.8 Å². The molecule has 3 atom stereocenters. The molecule has 3 aromatic heterocycles. The van der Waals surface area contributed by atoms with E-state index in [1.165, 1.54) is 27.3 Å². The molecular formula is C39H42N8O4S. The van der Waals surface area contributed by atoms with E-state index in [0.29, 0.717) is 37.4 Å². The Morgan fingerprint density at radius 1 is 0.981 bits per heavy atom. The second kappa shape index (κ2) is 14.0. The van der Waals surface area contributed by atoms with E-state index in [2.05, 4.69) is 89.8 Å². The van der Waals surface area contributed by atoms with Crippen molar-refractivity contribution in [3.8, 4) is 22.4 Å². The first-order valence-electron chi connectivity index (χ1n) is 17.9. The minimum absolute atomic E-state index is 0.00499. The van der Waals surface area contributed by atoms with E-state index in [0.717, 1.165) is 64.9 Å². The summed E-state index contributed by atoms with van der Waals surface area (Å²) in [5.41, 5.74) is 6.03. The maximum Gasteiger partial charge on any atom is 0.407 e. The fraction of sp³-hybridized carbons (Fsp3) is 0.359. The van der Waals surface area contributed by atoms with Crippen LogP contribution in [0.5, 0.6) is 0 Å². The Bertz CT molecular complexity index is 2310. The van der Waals surface area contributed by atoms with Gasteiger partial charge in [0.15, 0.2) is 0 Å².